The van der Waals surface area contributed by atoms with Gasteiger partial charge in [-0.05, 0) is 79.4 Å². The van der Waals surface area contributed by atoms with Gasteiger partial charge in [0.1, 0.15) is 6.04 Å². The standard InChI is InChI=1S/C25H32BrN3O4/c1-7-32-21-13-18(12-20(26)23(21)33-16(4)5)14-27-29-25(31)22(15(2)3)28-24(30)19-10-8-17(6)9-11-19/h8-16,22H,7H2,1-6H3,(H,28,30)(H,29,31)/b27-14+. The molecular weight excluding hydrogens is 486 g/mol. The molecule has 1 atom stereocenters. The highest BCUT2D eigenvalue weighted by atomic mass is 79.9. The smallest absolute Gasteiger partial charge is 0.262 e. The van der Waals surface area contributed by atoms with E-state index in [0.717, 1.165) is 10.0 Å². The minimum absolute atomic E-state index is 0.0117. The molecule has 2 amide bonds. The Balaban J connectivity index is 2.11. The number of nitrogens with zero attached hydrogens (tertiary/aromatic N) is 1. The number of nitrogens with one attached hydrogen (secondary N) is 2. The SMILES string of the molecule is CCOc1cc(/C=N/NC(=O)C(NC(=O)c2ccc(C)cc2)C(C)C)cc(Br)c1OC(C)C. The third-order valence-electron chi connectivity index (χ3n) is 4.62. The first kappa shape index (κ1) is 26.4. The Bertz CT molecular complexity index is 988. The number of carbonyl (C=O) groups excluding carboxylic acids is 2. The molecule has 33 heavy (non-hydrogen) atoms. The number of carbonyl (C=O) groups is 2. The molecule has 178 valence electrons. The molecule has 0 aliphatic rings. The lowest BCUT2D eigenvalue weighted by Gasteiger charge is -2.20. The lowest BCUT2D eigenvalue weighted by molar-refractivity contribution is -0.123. The Hall–Kier alpha value is -2.87. The van der Waals surface area contributed by atoms with E-state index in [0.29, 0.717) is 29.2 Å². The van der Waals surface area contributed by atoms with Crippen molar-refractivity contribution >= 4 is 34.0 Å². The van der Waals surface area contributed by atoms with Gasteiger partial charge in [0, 0.05) is 5.56 Å². The van der Waals surface area contributed by atoms with Gasteiger partial charge in [0.2, 0.25) is 0 Å². The fourth-order valence-corrected chi connectivity index (χ4v) is 3.53. The summed E-state index contributed by atoms with van der Waals surface area (Å²) in [6.07, 6.45) is 1.51. The zero-order valence-corrected chi connectivity index (χ0v) is 21.5. The van der Waals surface area contributed by atoms with E-state index in [1.165, 1.54) is 6.21 Å². The summed E-state index contributed by atoms with van der Waals surface area (Å²) < 4.78 is 12.3. The largest absolute Gasteiger partial charge is 0.490 e. The third-order valence-corrected chi connectivity index (χ3v) is 5.21. The number of hydrogen-bond donors (Lipinski definition) is 2. The normalized spacial score (nSPS) is 12.2. The first-order chi connectivity index (χ1) is 15.6. The van der Waals surface area contributed by atoms with Gasteiger partial charge in [0.25, 0.3) is 11.8 Å². The van der Waals surface area contributed by atoms with Gasteiger partial charge in [-0.1, -0.05) is 31.5 Å². The van der Waals surface area contributed by atoms with Crippen molar-refractivity contribution in [1.29, 1.82) is 0 Å². The Kier molecular flexibility index (Phi) is 9.91. The predicted octanol–water partition coefficient (Wildman–Crippen LogP) is 4.85. The van der Waals surface area contributed by atoms with Crippen molar-refractivity contribution in [1.82, 2.24) is 10.7 Å². The monoisotopic (exact) mass is 517 g/mol. The zero-order valence-electron chi connectivity index (χ0n) is 19.9. The molecule has 2 aromatic rings. The van der Waals surface area contributed by atoms with Gasteiger partial charge in [0.15, 0.2) is 11.5 Å². The van der Waals surface area contributed by atoms with E-state index in [4.69, 9.17) is 9.47 Å². The zero-order chi connectivity index (χ0) is 24.5. The molecule has 2 N–H and O–H groups in total. The Morgan fingerprint density at radius 3 is 2.36 bits per heavy atom. The summed E-state index contributed by atoms with van der Waals surface area (Å²) in [5.41, 5.74) is 4.80. The second kappa shape index (κ2) is 12.4. The maximum atomic E-state index is 12.7. The summed E-state index contributed by atoms with van der Waals surface area (Å²) in [6, 6.07) is 10.1. The van der Waals surface area contributed by atoms with Crippen LogP contribution < -0.4 is 20.2 Å². The van der Waals surface area contributed by atoms with Gasteiger partial charge >= 0.3 is 0 Å². The topological polar surface area (TPSA) is 89.0 Å². The molecule has 0 fully saturated rings. The number of benzene rings is 2. The molecule has 7 nitrogen and oxygen atoms in total. The number of halogens is 1. The molecule has 0 spiro atoms. The van der Waals surface area contributed by atoms with Crippen molar-refractivity contribution in [2.45, 2.75) is 53.7 Å². The average Bonchev–Trinajstić information content (AvgIpc) is 2.74. The number of hydrazone groups is 1. The fraction of sp³-hybridized carbons (Fsp3) is 0.400. The molecule has 0 bridgehead atoms. The van der Waals surface area contributed by atoms with Crippen molar-refractivity contribution in [2.24, 2.45) is 11.0 Å². The number of aryl methyl sites for hydroxylation is 1. The molecule has 0 radical (unpaired) electrons. The van der Waals surface area contributed by atoms with Gasteiger partial charge in [-0.25, -0.2) is 5.43 Å². The fourth-order valence-electron chi connectivity index (χ4n) is 2.98. The van der Waals surface area contributed by atoms with Crippen LogP contribution in [0.25, 0.3) is 0 Å². The maximum absolute atomic E-state index is 12.7. The van der Waals surface area contributed by atoms with E-state index in [-0.39, 0.29) is 17.9 Å². The summed E-state index contributed by atoms with van der Waals surface area (Å²) in [5, 5.41) is 6.87. The van der Waals surface area contributed by atoms with E-state index in [9.17, 15) is 9.59 Å². The van der Waals surface area contributed by atoms with Crippen LogP contribution >= 0.6 is 15.9 Å². The molecule has 0 saturated heterocycles. The molecule has 0 aromatic heterocycles. The molecule has 0 aliphatic heterocycles. The maximum Gasteiger partial charge on any atom is 0.262 e. The van der Waals surface area contributed by atoms with Crippen LogP contribution in [-0.2, 0) is 4.79 Å². The summed E-state index contributed by atoms with van der Waals surface area (Å²) >= 11 is 3.51. The van der Waals surface area contributed by atoms with Gasteiger partial charge in [0.05, 0.1) is 23.4 Å². The Labute approximate surface area is 204 Å². The first-order valence-electron chi connectivity index (χ1n) is 11.0. The van der Waals surface area contributed by atoms with Crippen LogP contribution in [0.5, 0.6) is 11.5 Å². The average molecular weight is 518 g/mol. The van der Waals surface area contributed by atoms with E-state index in [1.807, 2.05) is 59.7 Å². The van der Waals surface area contributed by atoms with Crippen LogP contribution in [0, 0.1) is 12.8 Å². The van der Waals surface area contributed by atoms with Crippen LogP contribution in [0.4, 0.5) is 0 Å². The van der Waals surface area contributed by atoms with Crippen molar-refractivity contribution in [3.8, 4) is 11.5 Å². The molecule has 0 saturated carbocycles. The second-order valence-electron chi connectivity index (χ2n) is 8.23. The minimum atomic E-state index is -0.733. The van der Waals surface area contributed by atoms with E-state index in [2.05, 4.69) is 31.8 Å². The molecular formula is C25H32BrN3O4. The van der Waals surface area contributed by atoms with Gasteiger partial charge in [-0.2, -0.15) is 5.10 Å². The lowest BCUT2D eigenvalue weighted by atomic mass is 10.0. The van der Waals surface area contributed by atoms with Gasteiger partial charge in [-0.15, -0.1) is 0 Å². The molecule has 2 aromatic carbocycles. The van der Waals surface area contributed by atoms with E-state index < -0.39 is 11.9 Å². The van der Waals surface area contributed by atoms with Crippen molar-refractivity contribution < 1.29 is 19.1 Å². The lowest BCUT2D eigenvalue weighted by Crippen LogP contribution is -2.48. The first-order valence-corrected chi connectivity index (χ1v) is 11.7. The van der Waals surface area contributed by atoms with Crippen molar-refractivity contribution in [3.63, 3.8) is 0 Å². The number of rotatable bonds is 10. The van der Waals surface area contributed by atoms with Crippen LogP contribution in [0.2, 0.25) is 0 Å². The molecule has 8 heteroatoms. The Morgan fingerprint density at radius 1 is 1.12 bits per heavy atom. The number of amides is 2. The van der Waals surface area contributed by atoms with Crippen molar-refractivity contribution in [3.05, 3.63) is 57.6 Å². The van der Waals surface area contributed by atoms with Crippen LogP contribution in [0.15, 0.2) is 46.0 Å². The van der Waals surface area contributed by atoms with Crippen LogP contribution in [0.1, 0.15) is 56.1 Å². The summed E-state index contributed by atoms with van der Waals surface area (Å²) in [6.45, 7) is 11.9. The molecule has 2 rings (SSSR count). The van der Waals surface area contributed by atoms with Crippen LogP contribution in [-0.4, -0.2) is 36.8 Å². The van der Waals surface area contributed by atoms with E-state index in [1.54, 1.807) is 18.2 Å². The third kappa shape index (κ3) is 7.89. The Morgan fingerprint density at radius 2 is 1.79 bits per heavy atom. The van der Waals surface area contributed by atoms with Gasteiger partial charge < -0.3 is 14.8 Å². The highest BCUT2D eigenvalue weighted by Gasteiger charge is 2.24. The summed E-state index contributed by atoms with van der Waals surface area (Å²) in [7, 11) is 0. The second-order valence-corrected chi connectivity index (χ2v) is 9.08. The number of hydrogen-bond acceptors (Lipinski definition) is 5. The number of ether oxygens (including phenoxy) is 2. The predicted molar refractivity (Wildman–Crippen MR) is 134 cm³/mol. The van der Waals surface area contributed by atoms with Gasteiger partial charge in [-0.3, -0.25) is 9.59 Å². The molecule has 0 aliphatic carbocycles. The quantitative estimate of drug-likeness (QED) is 0.348. The summed E-state index contributed by atoms with van der Waals surface area (Å²) in [4.78, 5) is 25.3. The van der Waals surface area contributed by atoms with Crippen molar-refractivity contribution in [2.75, 3.05) is 6.61 Å². The van der Waals surface area contributed by atoms with Crippen LogP contribution in [0.3, 0.4) is 0 Å². The minimum Gasteiger partial charge on any atom is -0.490 e. The molecule has 0 heterocycles. The highest BCUT2D eigenvalue weighted by molar-refractivity contribution is 9.10. The highest BCUT2D eigenvalue weighted by Crippen LogP contribution is 2.37. The van der Waals surface area contributed by atoms with E-state index >= 15 is 0 Å². The summed E-state index contributed by atoms with van der Waals surface area (Å²) in [5.74, 6) is 0.371. The molecule has 1 unspecified atom stereocenters.